The number of piperazine rings is 1. The summed E-state index contributed by atoms with van der Waals surface area (Å²) in [6.45, 7) is 3.72. The van der Waals surface area contributed by atoms with Crippen LogP contribution in [0.15, 0.2) is 28.0 Å². The number of hydrogen-bond acceptors (Lipinski definition) is 8. The molecule has 1 aliphatic heterocycles. The van der Waals surface area contributed by atoms with Gasteiger partial charge in [-0.05, 0) is 24.6 Å². The van der Waals surface area contributed by atoms with E-state index in [1.807, 2.05) is 11.4 Å². The van der Waals surface area contributed by atoms with E-state index in [1.165, 1.54) is 6.07 Å². The number of fused-ring (bicyclic) bond motifs is 1. The van der Waals surface area contributed by atoms with Crippen molar-refractivity contribution in [1.82, 2.24) is 14.9 Å². The van der Waals surface area contributed by atoms with Crippen molar-refractivity contribution in [2.75, 3.05) is 38.1 Å². The lowest BCUT2D eigenvalue weighted by Crippen LogP contribution is -2.44. The molecule has 0 aromatic carbocycles. The highest BCUT2D eigenvalue weighted by atomic mass is 32.1. The normalized spacial score (nSPS) is 16.0. The van der Waals surface area contributed by atoms with E-state index in [9.17, 15) is 10.1 Å². The SMILES string of the molecule is CN1CCN(c2nc(-c3ccc([N+](=O)[O-])o3)nc3ccsc23)CC1. The van der Waals surface area contributed by atoms with Crippen LogP contribution in [-0.2, 0) is 0 Å². The van der Waals surface area contributed by atoms with Crippen molar-refractivity contribution in [2.45, 2.75) is 0 Å². The minimum atomic E-state index is -0.562. The second-order valence-electron chi connectivity index (χ2n) is 5.69. The highest BCUT2D eigenvalue weighted by Crippen LogP contribution is 2.33. The molecule has 0 N–H and O–H groups in total. The molecular weight excluding hydrogens is 330 g/mol. The third-order valence-electron chi connectivity index (χ3n) is 4.08. The van der Waals surface area contributed by atoms with E-state index < -0.39 is 4.92 Å². The molecule has 1 fully saturated rings. The Bertz CT molecular complexity index is 898. The third kappa shape index (κ3) is 2.61. The molecule has 0 aliphatic carbocycles. The van der Waals surface area contributed by atoms with E-state index >= 15 is 0 Å². The monoisotopic (exact) mass is 345 g/mol. The maximum Gasteiger partial charge on any atom is 0.433 e. The molecule has 4 rings (SSSR count). The maximum absolute atomic E-state index is 10.8. The van der Waals surface area contributed by atoms with Crippen LogP contribution in [0.25, 0.3) is 21.8 Å². The summed E-state index contributed by atoms with van der Waals surface area (Å²) in [5.41, 5.74) is 0.831. The minimum Gasteiger partial charge on any atom is -0.397 e. The molecule has 0 bridgehead atoms. The number of likely N-dealkylation sites (N-methyl/N-ethyl adjacent to an activating group) is 1. The Kier molecular flexibility index (Phi) is 3.66. The molecule has 0 spiro atoms. The largest absolute Gasteiger partial charge is 0.433 e. The Morgan fingerprint density at radius 2 is 2.00 bits per heavy atom. The van der Waals surface area contributed by atoms with Crippen LogP contribution >= 0.6 is 11.3 Å². The Morgan fingerprint density at radius 3 is 2.71 bits per heavy atom. The molecule has 124 valence electrons. The van der Waals surface area contributed by atoms with Gasteiger partial charge in [0.25, 0.3) is 0 Å². The van der Waals surface area contributed by atoms with E-state index in [0.717, 1.165) is 42.2 Å². The van der Waals surface area contributed by atoms with Crippen molar-refractivity contribution in [3.63, 3.8) is 0 Å². The van der Waals surface area contributed by atoms with Gasteiger partial charge in [-0.3, -0.25) is 10.1 Å². The van der Waals surface area contributed by atoms with Crippen molar-refractivity contribution in [3.8, 4) is 11.6 Å². The standard InChI is InChI=1S/C15H15N5O3S/c1-18-5-7-19(8-6-18)15-13-10(4-9-24-13)16-14(17-15)11-2-3-12(23-11)20(21)22/h2-4,9H,5-8H2,1H3. The van der Waals surface area contributed by atoms with Crippen LogP contribution in [0.2, 0.25) is 0 Å². The molecule has 24 heavy (non-hydrogen) atoms. The van der Waals surface area contributed by atoms with Crippen molar-refractivity contribution in [3.05, 3.63) is 33.7 Å². The minimum absolute atomic E-state index is 0.305. The fraction of sp³-hybridized carbons (Fsp3) is 0.333. The predicted octanol–water partition coefficient (Wildman–Crippen LogP) is 2.61. The second kappa shape index (κ2) is 5.84. The summed E-state index contributed by atoms with van der Waals surface area (Å²) >= 11 is 1.60. The molecule has 1 aliphatic rings. The van der Waals surface area contributed by atoms with E-state index in [2.05, 4.69) is 26.8 Å². The Balaban J connectivity index is 1.78. The fourth-order valence-corrected chi connectivity index (χ4v) is 3.58. The Labute approximate surface area is 141 Å². The molecule has 9 heteroatoms. The van der Waals surface area contributed by atoms with Gasteiger partial charge in [-0.1, -0.05) is 0 Å². The first-order valence-electron chi connectivity index (χ1n) is 7.55. The van der Waals surface area contributed by atoms with Crippen LogP contribution in [0.3, 0.4) is 0 Å². The van der Waals surface area contributed by atoms with Gasteiger partial charge in [0.2, 0.25) is 0 Å². The van der Waals surface area contributed by atoms with Crippen LogP contribution < -0.4 is 4.90 Å². The number of nitrogens with zero attached hydrogens (tertiary/aromatic N) is 5. The fourth-order valence-electron chi connectivity index (χ4n) is 2.74. The number of rotatable bonds is 3. The summed E-state index contributed by atoms with van der Waals surface area (Å²) in [6, 6.07) is 4.80. The van der Waals surface area contributed by atoms with Gasteiger partial charge in [0.15, 0.2) is 17.4 Å². The molecule has 3 aromatic rings. The van der Waals surface area contributed by atoms with E-state index in [-0.39, 0.29) is 5.88 Å². The second-order valence-corrected chi connectivity index (χ2v) is 6.61. The van der Waals surface area contributed by atoms with Crippen LogP contribution in [0.1, 0.15) is 0 Å². The zero-order valence-electron chi connectivity index (χ0n) is 13.0. The molecular formula is C15H15N5O3S. The van der Waals surface area contributed by atoms with E-state index in [0.29, 0.717) is 11.6 Å². The van der Waals surface area contributed by atoms with E-state index in [4.69, 9.17) is 4.42 Å². The zero-order valence-corrected chi connectivity index (χ0v) is 13.8. The molecule has 3 aromatic heterocycles. The van der Waals surface area contributed by atoms with Gasteiger partial charge in [-0.2, -0.15) is 0 Å². The molecule has 0 unspecified atom stereocenters. The van der Waals surface area contributed by atoms with Gasteiger partial charge >= 0.3 is 5.88 Å². The number of hydrogen-bond donors (Lipinski definition) is 0. The summed E-state index contributed by atoms with van der Waals surface area (Å²) in [5.74, 6) is 1.26. The predicted molar refractivity (Wildman–Crippen MR) is 91.5 cm³/mol. The number of furan rings is 1. The average Bonchev–Trinajstić information content (AvgIpc) is 3.24. The van der Waals surface area contributed by atoms with Crippen molar-refractivity contribution < 1.29 is 9.34 Å². The number of nitro groups is 1. The topological polar surface area (TPSA) is 88.5 Å². The summed E-state index contributed by atoms with van der Waals surface area (Å²) < 4.78 is 6.30. The number of aromatic nitrogens is 2. The summed E-state index contributed by atoms with van der Waals surface area (Å²) in [4.78, 5) is 23.9. The molecule has 0 atom stereocenters. The quantitative estimate of drug-likeness (QED) is 0.532. The van der Waals surface area contributed by atoms with Crippen molar-refractivity contribution in [2.24, 2.45) is 0 Å². The molecule has 0 saturated carbocycles. The molecule has 1 saturated heterocycles. The average molecular weight is 345 g/mol. The number of anilines is 1. The first kappa shape index (κ1) is 15.0. The number of thiophene rings is 1. The third-order valence-corrected chi connectivity index (χ3v) is 4.98. The first-order valence-corrected chi connectivity index (χ1v) is 8.43. The lowest BCUT2D eigenvalue weighted by atomic mass is 10.3. The van der Waals surface area contributed by atoms with Gasteiger partial charge in [-0.15, -0.1) is 11.3 Å². The smallest absolute Gasteiger partial charge is 0.397 e. The highest BCUT2D eigenvalue weighted by Gasteiger charge is 2.22. The molecule has 8 nitrogen and oxygen atoms in total. The summed E-state index contributed by atoms with van der Waals surface area (Å²) in [5, 5.41) is 12.8. The Hall–Kier alpha value is -2.52. The summed E-state index contributed by atoms with van der Waals surface area (Å²) in [6.07, 6.45) is 0. The molecule has 0 amide bonds. The van der Waals surface area contributed by atoms with Crippen molar-refractivity contribution in [1.29, 1.82) is 0 Å². The van der Waals surface area contributed by atoms with Crippen LogP contribution in [0, 0.1) is 10.1 Å². The van der Waals surface area contributed by atoms with Gasteiger partial charge < -0.3 is 14.2 Å². The maximum atomic E-state index is 10.8. The summed E-state index contributed by atoms with van der Waals surface area (Å²) in [7, 11) is 2.10. The van der Waals surface area contributed by atoms with Crippen LogP contribution in [-0.4, -0.2) is 53.0 Å². The van der Waals surface area contributed by atoms with Crippen LogP contribution in [0.5, 0.6) is 0 Å². The van der Waals surface area contributed by atoms with Crippen LogP contribution in [0.4, 0.5) is 11.7 Å². The lowest BCUT2D eigenvalue weighted by Gasteiger charge is -2.33. The van der Waals surface area contributed by atoms with Gasteiger partial charge in [-0.25, -0.2) is 9.97 Å². The van der Waals surface area contributed by atoms with E-state index in [1.54, 1.807) is 17.4 Å². The highest BCUT2D eigenvalue weighted by molar-refractivity contribution is 7.17. The van der Waals surface area contributed by atoms with Gasteiger partial charge in [0, 0.05) is 26.2 Å². The zero-order chi connectivity index (χ0) is 16.7. The molecule has 0 radical (unpaired) electrons. The first-order chi connectivity index (χ1) is 11.6. The molecule has 4 heterocycles. The van der Waals surface area contributed by atoms with Crippen molar-refractivity contribution >= 4 is 33.3 Å². The Morgan fingerprint density at radius 1 is 1.21 bits per heavy atom. The van der Waals surface area contributed by atoms with Gasteiger partial charge in [0.05, 0.1) is 16.3 Å². The lowest BCUT2D eigenvalue weighted by molar-refractivity contribution is -0.401. The van der Waals surface area contributed by atoms with Gasteiger partial charge in [0.1, 0.15) is 4.92 Å².